The summed E-state index contributed by atoms with van der Waals surface area (Å²) >= 11 is 8.18. The zero-order chi connectivity index (χ0) is 19.8. The van der Waals surface area contributed by atoms with Crippen LogP contribution < -0.4 is 0 Å². The van der Waals surface area contributed by atoms with Gasteiger partial charge >= 0.3 is 0 Å². The maximum absolute atomic E-state index is 6.48. The van der Waals surface area contributed by atoms with Gasteiger partial charge in [0.2, 0.25) is 0 Å². The van der Waals surface area contributed by atoms with Gasteiger partial charge in [0.1, 0.15) is 5.65 Å². The lowest BCUT2D eigenvalue weighted by molar-refractivity contribution is 0.485. The molecule has 5 rings (SSSR count). The van der Waals surface area contributed by atoms with E-state index in [0.717, 1.165) is 46.5 Å². The normalized spacial score (nSPS) is 14.8. The zero-order valence-electron chi connectivity index (χ0n) is 16.3. The Morgan fingerprint density at radius 3 is 2.72 bits per heavy atom. The average Bonchev–Trinajstić information content (AvgIpc) is 3.46. The van der Waals surface area contributed by atoms with Gasteiger partial charge in [-0.15, -0.1) is 10.2 Å². The zero-order valence-corrected chi connectivity index (χ0v) is 17.8. The van der Waals surface area contributed by atoms with Crippen molar-refractivity contribution in [1.82, 2.24) is 24.1 Å². The summed E-state index contributed by atoms with van der Waals surface area (Å²) in [5.41, 5.74) is 4.18. The van der Waals surface area contributed by atoms with Gasteiger partial charge in [-0.1, -0.05) is 54.4 Å². The summed E-state index contributed by atoms with van der Waals surface area (Å²) in [6.45, 7) is 2.09. The second-order valence-corrected chi connectivity index (χ2v) is 8.89. The van der Waals surface area contributed by atoms with Crippen LogP contribution in [0.1, 0.15) is 43.0 Å². The van der Waals surface area contributed by atoms with Crippen LogP contribution in [0.15, 0.2) is 53.9 Å². The summed E-state index contributed by atoms with van der Waals surface area (Å²) in [6.07, 6.45) is 8.97. The molecule has 0 saturated heterocycles. The van der Waals surface area contributed by atoms with Gasteiger partial charge in [0.25, 0.3) is 0 Å². The molecular weight excluding hydrogens is 402 g/mol. The molecule has 4 aromatic rings. The van der Waals surface area contributed by atoms with E-state index in [4.69, 9.17) is 16.6 Å². The second kappa shape index (κ2) is 7.84. The van der Waals surface area contributed by atoms with E-state index in [1.54, 1.807) is 11.8 Å². The predicted octanol–water partition coefficient (Wildman–Crippen LogP) is 5.96. The highest BCUT2D eigenvalue weighted by Gasteiger charge is 2.25. The van der Waals surface area contributed by atoms with Crippen LogP contribution in [0.25, 0.3) is 17.0 Å². The minimum absolute atomic E-state index is 0.432. The van der Waals surface area contributed by atoms with Crippen molar-refractivity contribution in [2.75, 3.05) is 0 Å². The molecule has 0 atom stereocenters. The molecule has 1 fully saturated rings. The maximum atomic E-state index is 6.48. The molecule has 1 saturated carbocycles. The molecule has 1 aromatic carbocycles. The highest BCUT2D eigenvalue weighted by molar-refractivity contribution is 7.98. The number of aryl methyl sites for hydroxylation is 1. The fraction of sp³-hybridized carbons (Fsp3) is 0.318. The smallest absolute Gasteiger partial charge is 0.192 e. The van der Waals surface area contributed by atoms with Crippen LogP contribution in [0, 0.1) is 6.92 Å². The first-order valence-electron chi connectivity index (χ1n) is 9.96. The molecule has 148 valence electrons. The van der Waals surface area contributed by atoms with Crippen molar-refractivity contribution >= 4 is 29.0 Å². The Labute approximate surface area is 179 Å². The first-order valence-corrected chi connectivity index (χ1v) is 11.3. The van der Waals surface area contributed by atoms with E-state index in [2.05, 4.69) is 38.4 Å². The summed E-state index contributed by atoms with van der Waals surface area (Å²) in [5.74, 6) is 1.63. The van der Waals surface area contributed by atoms with E-state index in [9.17, 15) is 0 Å². The number of imidazole rings is 1. The van der Waals surface area contributed by atoms with Crippen LogP contribution in [0.4, 0.5) is 0 Å². The number of fused-ring (bicyclic) bond motifs is 1. The van der Waals surface area contributed by atoms with Crippen molar-refractivity contribution < 1.29 is 0 Å². The van der Waals surface area contributed by atoms with Gasteiger partial charge in [-0.3, -0.25) is 4.57 Å². The molecule has 5 nitrogen and oxygen atoms in total. The second-order valence-electron chi connectivity index (χ2n) is 7.54. The number of halogens is 1. The van der Waals surface area contributed by atoms with Crippen LogP contribution in [0.5, 0.6) is 0 Å². The predicted molar refractivity (Wildman–Crippen MR) is 117 cm³/mol. The SMILES string of the molecule is Cc1cccn2cc(CSc3nnc(-c4ccccc4Cl)n3C3CCCC3)nc12. The van der Waals surface area contributed by atoms with Crippen molar-refractivity contribution in [2.45, 2.75) is 49.6 Å². The number of aromatic nitrogens is 5. The van der Waals surface area contributed by atoms with Gasteiger partial charge in [-0.25, -0.2) is 4.98 Å². The number of thioether (sulfide) groups is 1. The molecule has 0 spiro atoms. The van der Waals surface area contributed by atoms with Gasteiger partial charge in [0, 0.05) is 29.8 Å². The van der Waals surface area contributed by atoms with E-state index in [1.807, 2.05) is 36.5 Å². The molecule has 3 heterocycles. The molecule has 0 bridgehead atoms. The van der Waals surface area contributed by atoms with Crippen molar-refractivity contribution in [3.05, 3.63) is 65.1 Å². The van der Waals surface area contributed by atoms with Gasteiger partial charge in [-0.2, -0.15) is 0 Å². The molecular formula is C22H22ClN5S. The third kappa shape index (κ3) is 3.55. The number of pyridine rings is 1. The van der Waals surface area contributed by atoms with Gasteiger partial charge < -0.3 is 4.40 Å². The quantitative estimate of drug-likeness (QED) is 0.371. The summed E-state index contributed by atoms with van der Waals surface area (Å²) in [6, 6.07) is 12.5. The number of benzene rings is 1. The summed E-state index contributed by atoms with van der Waals surface area (Å²) < 4.78 is 4.39. The van der Waals surface area contributed by atoms with E-state index in [-0.39, 0.29) is 0 Å². The Kier molecular flexibility index (Phi) is 5.06. The molecule has 0 unspecified atom stereocenters. The van der Waals surface area contributed by atoms with Crippen LogP contribution in [0.3, 0.4) is 0 Å². The van der Waals surface area contributed by atoms with Crippen LogP contribution in [-0.2, 0) is 5.75 Å². The first-order chi connectivity index (χ1) is 14.2. The Balaban J connectivity index is 1.47. The highest BCUT2D eigenvalue weighted by Crippen LogP contribution is 2.38. The lowest BCUT2D eigenvalue weighted by atomic mass is 10.2. The molecule has 0 N–H and O–H groups in total. The summed E-state index contributed by atoms with van der Waals surface area (Å²) in [7, 11) is 0. The minimum atomic E-state index is 0.432. The van der Waals surface area contributed by atoms with Crippen LogP contribution in [0.2, 0.25) is 5.02 Å². The van der Waals surface area contributed by atoms with Gasteiger partial charge in [0.05, 0.1) is 10.7 Å². The molecule has 3 aromatic heterocycles. The third-order valence-corrected chi connectivity index (χ3v) is 6.85. The number of rotatable bonds is 5. The molecule has 0 amide bonds. The Morgan fingerprint density at radius 1 is 1.10 bits per heavy atom. The fourth-order valence-electron chi connectivity index (χ4n) is 4.11. The van der Waals surface area contributed by atoms with Gasteiger partial charge in [-0.05, 0) is 43.5 Å². The Hall–Kier alpha value is -2.31. The van der Waals surface area contributed by atoms with E-state index >= 15 is 0 Å². The third-order valence-electron chi connectivity index (χ3n) is 5.55. The van der Waals surface area contributed by atoms with Gasteiger partial charge in [0.15, 0.2) is 11.0 Å². The lowest BCUT2D eigenvalue weighted by Crippen LogP contribution is -2.08. The van der Waals surface area contributed by atoms with E-state index in [0.29, 0.717) is 11.1 Å². The molecule has 0 radical (unpaired) electrons. The summed E-state index contributed by atoms with van der Waals surface area (Å²) in [5, 5.41) is 10.7. The van der Waals surface area contributed by atoms with Crippen LogP contribution in [-0.4, -0.2) is 24.1 Å². The Bertz CT molecular complexity index is 1160. The first kappa shape index (κ1) is 18.7. The monoisotopic (exact) mass is 423 g/mol. The molecule has 0 aliphatic heterocycles. The lowest BCUT2D eigenvalue weighted by Gasteiger charge is -2.17. The Morgan fingerprint density at radius 2 is 1.93 bits per heavy atom. The fourth-order valence-corrected chi connectivity index (χ4v) is 5.22. The van der Waals surface area contributed by atoms with Crippen LogP contribution >= 0.6 is 23.4 Å². The molecule has 1 aliphatic rings. The standard InChI is InChI=1S/C22H22ClN5S/c1-15-7-6-12-27-13-16(24-20(15)27)14-29-22-26-25-21(18-10-4-5-11-19(18)23)28(22)17-8-2-3-9-17/h4-7,10-13,17H,2-3,8-9,14H2,1H3. The maximum Gasteiger partial charge on any atom is 0.192 e. The highest BCUT2D eigenvalue weighted by atomic mass is 35.5. The largest absolute Gasteiger partial charge is 0.307 e. The van der Waals surface area contributed by atoms with Crippen molar-refractivity contribution in [2.24, 2.45) is 0 Å². The molecule has 1 aliphatic carbocycles. The number of nitrogens with zero attached hydrogens (tertiary/aromatic N) is 5. The van der Waals surface area contributed by atoms with E-state index in [1.165, 1.54) is 18.4 Å². The number of hydrogen-bond donors (Lipinski definition) is 0. The van der Waals surface area contributed by atoms with Crippen molar-refractivity contribution in [1.29, 1.82) is 0 Å². The van der Waals surface area contributed by atoms with Crippen molar-refractivity contribution in [3.63, 3.8) is 0 Å². The minimum Gasteiger partial charge on any atom is -0.307 e. The summed E-state index contributed by atoms with van der Waals surface area (Å²) in [4.78, 5) is 4.80. The molecule has 29 heavy (non-hydrogen) atoms. The number of hydrogen-bond acceptors (Lipinski definition) is 4. The molecule has 7 heteroatoms. The topological polar surface area (TPSA) is 48.0 Å². The van der Waals surface area contributed by atoms with E-state index < -0.39 is 0 Å². The van der Waals surface area contributed by atoms with Crippen molar-refractivity contribution in [3.8, 4) is 11.4 Å². The average molecular weight is 424 g/mol.